The van der Waals surface area contributed by atoms with E-state index in [1.807, 2.05) is 30.5 Å². The van der Waals surface area contributed by atoms with Crippen LogP contribution in [0, 0.1) is 5.92 Å². The van der Waals surface area contributed by atoms with E-state index in [1.54, 1.807) is 12.4 Å². The van der Waals surface area contributed by atoms with E-state index in [0.717, 1.165) is 11.2 Å². The van der Waals surface area contributed by atoms with Gasteiger partial charge >= 0.3 is 0 Å². The molecule has 0 aliphatic heterocycles. The fourth-order valence-corrected chi connectivity index (χ4v) is 3.30. The van der Waals surface area contributed by atoms with Gasteiger partial charge in [0.15, 0.2) is 17.0 Å². The van der Waals surface area contributed by atoms with Crippen LogP contribution < -0.4 is 16.4 Å². The topological polar surface area (TPSA) is 114 Å². The number of nitrogens with zero attached hydrogens (tertiary/aromatic N) is 4. The largest absolute Gasteiger partial charge is 0.399 e. The van der Waals surface area contributed by atoms with Crippen molar-refractivity contribution in [1.82, 2.24) is 19.5 Å². The molecule has 29 heavy (non-hydrogen) atoms. The molecule has 3 rings (SSSR count). The van der Waals surface area contributed by atoms with Gasteiger partial charge in [0.05, 0.1) is 19.0 Å². The number of halogens is 1. The molecule has 0 saturated heterocycles. The van der Waals surface area contributed by atoms with Gasteiger partial charge in [-0.1, -0.05) is 25.4 Å². The van der Waals surface area contributed by atoms with Gasteiger partial charge in [-0.05, 0) is 43.5 Å². The first-order valence-corrected chi connectivity index (χ1v) is 10.1. The molecule has 2 heterocycles. The maximum atomic E-state index is 9.67. The SMILES string of the molecule is CC(C)[C@H](CO)Nc1nc(NCc2cc(N)cc(Cl)c2)c2ncn(C(C)C)c2n1. The third-order valence-corrected chi connectivity index (χ3v) is 4.95. The second kappa shape index (κ2) is 8.84. The molecule has 8 nitrogen and oxygen atoms in total. The third kappa shape index (κ3) is 4.89. The first-order chi connectivity index (χ1) is 13.8. The minimum Gasteiger partial charge on any atom is -0.399 e. The zero-order chi connectivity index (χ0) is 21.1. The zero-order valence-corrected chi connectivity index (χ0v) is 17.9. The van der Waals surface area contributed by atoms with Crippen molar-refractivity contribution in [1.29, 1.82) is 0 Å². The molecule has 5 N–H and O–H groups in total. The predicted molar refractivity (Wildman–Crippen MR) is 118 cm³/mol. The summed E-state index contributed by atoms with van der Waals surface area (Å²) < 4.78 is 1.99. The lowest BCUT2D eigenvalue weighted by Crippen LogP contribution is -2.30. The second-order valence-electron chi connectivity index (χ2n) is 7.74. The molecule has 0 aliphatic rings. The molecule has 0 saturated carbocycles. The highest BCUT2D eigenvalue weighted by Gasteiger charge is 2.18. The minimum absolute atomic E-state index is 0.00689. The van der Waals surface area contributed by atoms with Crippen LogP contribution in [0.15, 0.2) is 24.5 Å². The quantitative estimate of drug-likeness (QED) is 0.413. The molecule has 156 valence electrons. The van der Waals surface area contributed by atoms with Crippen LogP contribution in [0.1, 0.15) is 39.3 Å². The van der Waals surface area contributed by atoms with Crippen molar-refractivity contribution >= 4 is 40.2 Å². The van der Waals surface area contributed by atoms with Crippen molar-refractivity contribution in [2.24, 2.45) is 5.92 Å². The fraction of sp³-hybridized carbons (Fsp3) is 0.450. The van der Waals surface area contributed by atoms with Crippen LogP contribution in [0.2, 0.25) is 5.02 Å². The lowest BCUT2D eigenvalue weighted by molar-refractivity contribution is 0.248. The molecule has 9 heteroatoms. The lowest BCUT2D eigenvalue weighted by Gasteiger charge is -2.20. The molecule has 0 fully saturated rings. The monoisotopic (exact) mass is 417 g/mol. The van der Waals surface area contributed by atoms with Crippen LogP contribution >= 0.6 is 11.6 Å². The van der Waals surface area contributed by atoms with Crippen LogP contribution in [0.5, 0.6) is 0 Å². The lowest BCUT2D eigenvalue weighted by atomic mass is 10.1. The van der Waals surface area contributed by atoms with Gasteiger partial charge in [-0.2, -0.15) is 9.97 Å². The number of anilines is 3. The Balaban J connectivity index is 1.97. The standard InChI is InChI=1S/C20H28ClN7O/c1-11(2)16(9-29)25-20-26-18(17-19(27-20)28(10-24-17)12(3)4)23-8-13-5-14(21)7-15(22)6-13/h5-7,10-12,16,29H,8-9,22H2,1-4H3,(H2,23,25,26,27)/t16-/m0/s1. The molecule has 0 radical (unpaired) electrons. The van der Waals surface area contributed by atoms with Crippen molar-refractivity contribution in [3.8, 4) is 0 Å². The van der Waals surface area contributed by atoms with Crippen LogP contribution in [-0.2, 0) is 6.54 Å². The maximum Gasteiger partial charge on any atom is 0.227 e. The number of aromatic nitrogens is 4. The summed E-state index contributed by atoms with van der Waals surface area (Å²) >= 11 is 6.11. The fourth-order valence-electron chi connectivity index (χ4n) is 3.03. The summed E-state index contributed by atoms with van der Waals surface area (Å²) in [5.41, 5.74) is 8.85. The summed E-state index contributed by atoms with van der Waals surface area (Å²) in [5, 5.41) is 16.8. The van der Waals surface area contributed by atoms with Gasteiger partial charge in [0.1, 0.15) is 0 Å². The van der Waals surface area contributed by atoms with E-state index < -0.39 is 0 Å². The molecule has 2 aromatic heterocycles. The van der Waals surface area contributed by atoms with Gasteiger partial charge in [-0.15, -0.1) is 0 Å². The molecular weight excluding hydrogens is 390 g/mol. The van der Waals surface area contributed by atoms with E-state index >= 15 is 0 Å². The average Bonchev–Trinajstić information content (AvgIpc) is 3.07. The van der Waals surface area contributed by atoms with E-state index in [0.29, 0.717) is 34.5 Å². The highest BCUT2D eigenvalue weighted by atomic mass is 35.5. The van der Waals surface area contributed by atoms with Crippen LogP contribution in [-0.4, -0.2) is 37.3 Å². The van der Waals surface area contributed by atoms with Gasteiger partial charge < -0.3 is 26.0 Å². The average molecular weight is 418 g/mol. The molecule has 1 atom stereocenters. The van der Waals surface area contributed by atoms with Crippen LogP contribution in [0.3, 0.4) is 0 Å². The smallest absolute Gasteiger partial charge is 0.227 e. The minimum atomic E-state index is -0.150. The summed E-state index contributed by atoms with van der Waals surface area (Å²) in [4.78, 5) is 13.8. The Morgan fingerprint density at radius 1 is 1.17 bits per heavy atom. The summed E-state index contributed by atoms with van der Waals surface area (Å²) in [7, 11) is 0. The Labute approximate surface area is 175 Å². The van der Waals surface area contributed by atoms with Crippen LogP contribution in [0.25, 0.3) is 11.2 Å². The number of benzene rings is 1. The van der Waals surface area contributed by atoms with Gasteiger partial charge in [0.2, 0.25) is 5.95 Å². The number of nitrogens with one attached hydrogen (secondary N) is 2. The highest BCUT2D eigenvalue weighted by molar-refractivity contribution is 6.30. The van der Waals surface area contributed by atoms with E-state index in [2.05, 4.69) is 39.4 Å². The number of hydrogen-bond acceptors (Lipinski definition) is 7. The van der Waals surface area contributed by atoms with Gasteiger partial charge in [0.25, 0.3) is 0 Å². The Kier molecular flexibility index (Phi) is 6.44. The third-order valence-electron chi connectivity index (χ3n) is 4.73. The molecule has 0 bridgehead atoms. The van der Waals surface area contributed by atoms with Gasteiger partial charge in [-0.3, -0.25) is 0 Å². The van der Waals surface area contributed by atoms with E-state index in [1.165, 1.54) is 0 Å². The normalized spacial score (nSPS) is 12.7. The molecule has 0 aliphatic carbocycles. The predicted octanol–water partition coefficient (Wildman–Crippen LogP) is 3.68. The molecule has 1 aromatic carbocycles. The number of fused-ring (bicyclic) bond motifs is 1. The summed E-state index contributed by atoms with van der Waals surface area (Å²) in [6.45, 7) is 8.69. The van der Waals surface area contributed by atoms with Crippen molar-refractivity contribution in [2.45, 2.75) is 46.3 Å². The van der Waals surface area contributed by atoms with E-state index in [-0.39, 0.29) is 24.6 Å². The van der Waals surface area contributed by atoms with Crippen LogP contribution in [0.4, 0.5) is 17.5 Å². The summed E-state index contributed by atoms with van der Waals surface area (Å²) in [6, 6.07) is 5.48. The molecule has 0 amide bonds. The van der Waals surface area contributed by atoms with Gasteiger partial charge in [0, 0.05) is 23.3 Å². The van der Waals surface area contributed by atoms with E-state index in [4.69, 9.17) is 17.3 Å². The number of nitrogen functional groups attached to an aromatic ring is 1. The Morgan fingerprint density at radius 2 is 1.93 bits per heavy atom. The van der Waals surface area contributed by atoms with E-state index in [9.17, 15) is 5.11 Å². The molecular formula is C20H28ClN7O. The van der Waals surface area contributed by atoms with Gasteiger partial charge in [-0.25, -0.2) is 4.98 Å². The number of aliphatic hydroxyl groups excluding tert-OH is 1. The van der Waals surface area contributed by atoms with Crippen molar-refractivity contribution < 1.29 is 5.11 Å². The Bertz CT molecular complexity index is 966. The molecule has 0 unspecified atom stereocenters. The Hall–Kier alpha value is -2.58. The first-order valence-electron chi connectivity index (χ1n) is 9.69. The number of imidazole rings is 1. The first kappa shape index (κ1) is 21.1. The number of hydrogen-bond donors (Lipinski definition) is 4. The number of rotatable bonds is 8. The summed E-state index contributed by atoms with van der Waals surface area (Å²) in [6.07, 6.45) is 1.77. The highest BCUT2D eigenvalue weighted by Crippen LogP contribution is 2.25. The molecule has 0 spiro atoms. The second-order valence-corrected chi connectivity index (χ2v) is 8.17. The number of nitrogens with two attached hydrogens (primary N) is 1. The van der Waals surface area contributed by atoms with Crippen molar-refractivity contribution in [3.63, 3.8) is 0 Å². The summed E-state index contributed by atoms with van der Waals surface area (Å²) in [5.74, 6) is 1.27. The Morgan fingerprint density at radius 3 is 2.55 bits per heavy atom. The van der Waals surface area contributed by atoms with Crippen molar-refractivity contribution in [2.75, 3.05) is 23.0 Å². The van der Waals surface area contributed by atoms with Crippen molar-refractivity contribution in [3.05, 3.63) is 35.1 Å². The number of aliphatic hydroxyl groups is 1. The maximum absolute atomic E-state index is 9.67. The molecule has 3 aromatic rings. The zero-order valence-electron chi connectivity index (χ0n) is 17.1.